The van der Waals surface area contributed by atoms with E-state index in [9.17, 15) is 10.1 Å². The Morgan fingerprint density at radius 2 is 1.79 bits per heavy atom. The summed E-state index contributed by atoms with van der Waals surface area (Å²) in [5.41, 5.74) is 2.93. The zero-order valence-corrected chi connectivity index (χ0v) is 19.4. The van der Waals surface area contributed by atoms with Gasteiger partial charge in [0.05, 0.1) is 11.6 Å². The summed E-state index contributed by atoms with van der Waals surface area (Å²) < 4.78 is 0. The Labute approximate surface area is 200 Å². The quantitative estimate of drug-likeness (QED) is 0.402. The summed E-state index contributed by atoms with van der Waals surface area (Å²) in [5.74, 6) is 1.12. The standard InChI is InChI=1S/C28H28ClN3O/c29-26-13-11-21(12-14-26)16-24(18-22-6-5-7-23(17-22)19-30)20-32(27-10-3-4-15-31-27)28(33)25-8-1-2-9-25/h3-7,10-15,17,24-25H,1-2,8-9,16,18,20H2. The molecule has 1 fully saturated rings. The van der Waals surface area contributed by atoms with Gasteiger partial charge in [0, 0.05) is 23.7 Å². The zero-order chi connectivity index (χ0) is 23.0. The molecule has 0 spiro atoms. The molecule has 1 amide bonds. The second-order valence-electron chi connectivity index (χ2n) is 8.83. The SMILES string of the molecule is N#Cc1cccc(CC(Cc2ccc(Cl)cc2)CN(C(=O)C2CCCC2)c2ccccn2)c1. The normalized spacial score (nSPS) is 14.5. The van der Waals surface area contributed by atoms with Gasteiger partial charge in [0.15, 0.2) is 0 Å². The van der Waals surface area contributed by atoms with E-state index in [1.807, 2.05) is 65.6 Å². The lowest BCUT2D eigenvalue weighted by Gasteiger charge is -2.29. The lowest BCUT2D eigenvalue weighted by Crippen LogP contribution is -2.40. The number of benzene rings is 2. The topological polar surface area (TPSA) is 57.0 Å². The summed E-state index contributed by atoms with van der Waals surface area (Å²) in [7, 11) is 0. The fourth-order valence-corrected chi connectivity index (χ4v) is 4.84. The van der Waals surface area contributed by atoms with Crippen LogP contribution in [0.3, 0.4) is 0 Å². The van der Waals surface area contributed by atoms with Gasteiger partial charge in [-0.1, -0.05) is 54.8 Å². The highest BCUT2D eigenvalue weighted by Gasteiger charge is 2.30. The third-order valence-electron chi connectivity index (χ3n) is 6.36. The average Bonchev–Trinajstić information content (AvgIpc) is 3.39. The molecule has 2 aromatic carbocycles. The average molecular weight is 458 g/mol. The Morgan fingerprint density at radius 3 is 2.48 bits per heavy atom. The van der Waals surface area contributed by atoms with Crippen molar-refractivity contribution in [2.24, 2.45) is 11.8 Å². The molecule has 0 aliphatic heterocycles. The van der Waals surface area contributed by atoms with Gasteiger partial charge in [-0.15, -0.1) is 0 Å². The summed E-state index contributed by atoms with van der Waals surface area (Å²) in [6, 6.07) is 23.6. The van der Waals surface area contributed by atoms with Gasteiger partial charge in [0.1, 0.15) is 5.82 Å². The minimum atomic E-state index is 0.0742. The lowest BCUT2D eigenvalue weighted by atomic mass is 9.91. The maximum absolute atomic E-state index is 13.6. The van der Waals surface area contributed by atoms with Crippen molar-refractivity contribution in [1.29, 1.82) is 5.26 Å². The molecule has 0 N–H and O–H groups in total. The number of nitrogens with zero attached hydrogens (tertiary/aromatic N) is 3. The van der Waals surface area contributed by atoms with Crippen molar-refractivity contribution in [3.63, 3.8) is 0 Å². The first kappa shape index (κ1) is 23.0. The molecule has 168 valence electrons. The van der Waals surface area contributed by atoms with Crippen LogP contribution in [-0.2, 0) is 17.6 Å². The van der Waals surface area contributed by atoms with E-state index in [-0.39, 0.29) is 17.7 Å². The van der Waals surface area contributed by atoms with E-state index >= 15 is 0 Å². The molecule has 4 nitrogen and oxygen atoms in total. The van der Waals surface area contributed by atoms with Crippen molar-refractivity contribution in [3.05, 3.63) is 94.6 Å². The van der Waals surface area contributed by atoms with E-state index in [0.717, 1.165) is 44.1 Å². The molecule has 4 rings (SSSR count). The fraction of sp³-hybridized carbons (Fsp3) is 0.321. The van der Waals surface area contributed by atoms with E-state index in [1.165, 1.54) is 5.56 Å². The number of carbonyl (C=O) groups excluding carboxylic acids is 1. The van der Waals surface area contributed by atoms with Crippen molar-refractivity contribution >= 4 is 23.3 Å². The third-order valence-corrected chi connectivity index (χ3v) is 6.61. The molecule has 0 radical (unpaired) electrons. The second-order valence-corrected chi connectivity index (χ2v) is 9.27. The first-order chi connectivity index (χ1) is 16.1. The molecule has 1 unspecified atom stereocenters. The van der Waals surface area contributed by atoms with Crippen LogP contribution in [-0.4, -0.2) is 17.4 Å². The zero-order valence-electron chi connectivity index (χ0n) is 18.7. The molecule has 1 aliphatic rings. The van der Waals surface area contributed by atoms with Gasteiger partial charge in [-0.2, -0.15) is 5.26 Å². The summed E-state index contributed by atoms with van der Waals surface area (Å²) in [6.07, 6.45) is 7.44. The molecule has 33 heavy (non-hydrogen) atoms. The summed E-state index contributed by atoms with van der Waals surface area (Å²) in [5, 5.41) is 10.0. The van der Waals surface area contributed by atoms with Crippen LogP contribution >= 0.6 is 11.6 Å². The summed E-state index contributed by atoms with van der Waals surface area (Å²) in [4.78, 5) is 20.0. The molecule has 1 aromatic heterocycles. The molecule has 5 heteroatoms. The van der Waals surface area contributed by atoms with Crippen LogP contribution in [0, 0.1) is 23.2 Å². The number of aromatic nitrogens is 1. The van der Waals surface area contributed by atoms with Crippen molar-refractivity contribution in [3.8, 4) is 6.07 Å². The maximum Gasteiger partial charge on any atom is 0.231 e. The van der Waals surface area contributed by atoms with Crippen LogP contribution in [0.25, 0.3) is 0 Å². The van der Waals surface area contributed by atoms with Crippen LogP contribution in [0.15, 0.2) is 72.9 Å². The number of hydrogen-bond acceptors (Lipinski definition) is 3. The summed E-state index contributed by atoms with van der Waals surface area (Å²) in [6.45, 7) is 0.575. The van der Waals surface area contributed by atoms with Crippen LogP contribution < -0.4 is 4.90 Å². The molecule has 1 aliphatic carbocycles. The van der Waals surface area contributed by atoms with Gasteiger partial charge < -0.3 is 0 Å². The second kappa shape index (κ2) is 11.1. The number of nitriles is 1. The van der Waals surface area contributed by atoms with Crippen molar-refractivity contribution in [2.75, 3.05) is 11.4 Å². The summed E-state index contributed by atoms with van der Waals surface area (Å²) >= 11 is 6.10. The number of anilines is 1. The molecule has 1 heterocycles. The highest BCUT2D eigenvalue weighted by molar-refractivity contribution is 6.30. The van der Waals surface area contributed by atoms with Crippen LogP contribution in [0.1, 0.15) is 42.4 Å². The monoisotopic (exact) mass is 457 g/mol. The lowest BCUT2D eigenvalue weighted by molar-refractivity contribution is -0.122. The van der Waals surface area contributed by atoms with E-state index in [2.05, 4.69) is 17.1 Å². The van der Waals surface area contributed by atoms with Gasteiger partial charge in [-0.3, -0.25) is 9.69 Å². The van der Waals surface area contributed by atoms with Gasteiger partial charge in [0.25, 0.3) is 0 Å². The minimum absolute atomic E-state index is 0.0742. The minimum Gasteiger partial charge on any atom is -0.296 e. The van der Waals surface area contributed by atoms with E-state index in [4.69, 9.17) is 11.6 Å². The van der Waals surface area contributed by atoms with Crippen molar-refractivity contribution in [1.82, 2.24) is 4.98 Å². The van der Waals surface area contributed by atoms with Gasteiger partial charge >= 0.3 is 0 Å². The number of carbonyl (C=O) groups is 1. The molecular formula is C28H28ClN3O. The number of pyridine rings is 1. The number of halogens is 1. The van der Waals surface area contributed by atoms with Crippen LogP contribution in [0.5, 0.6) is 0 Å². The number of hydrogen-bond donors (Lipinski definition) is 0. The van der Waals surface area contributed by atoms with E-state index < -0.39 is 0 Å². The molecule has 0 bridgehead atoms. The highest BCUT2D eigenvalue weighted by Crippen LogP contribution is 2.29. The Kier molecular flexibility index (Phi) is 7.75. The Bertz CT molecular complexity index is 1100. The van der Waals surface area contributed by atoms with E-state index in [1.54, 1.807) is 6.20 Å². The first-order valence-corrected chi connectivity index (χ1v) is 12.0. The fourth-order valence-electron chi connectivity index (χ4n) is 4.72. The van der Waals surface area contributed by atoms with Crippen molar-refractivity contribution < 1.29 is 4.79 Å². The molecule has 0 saturated heterocycles. The Balaban J connectivity index is 1.63. The third kappa shape index (κ3) is 6.21. The largest absolute Gasteiger partial charge is 0.296 e. The smallest absolute Gasteiger partial charge is 0.231 e. The molecule has 1 atom stereocenters. The van der Waals surface area contributed by atoms with Crippen LogP contribution in [0.4, 0.5) is 5.82 Å². The maximum atomic E-state index is 13.6. The van der Waals surface area contributed by atoms with Gasteiger partial charge in [-0.05, 0) is 79.1 Å². The first-order valence-electron chi connectivity index (χ1n) is 11.6. The predicted molar refractivity (Wildman–Crippen MR) is 132 cm³/mol. The predicted octanol–water partition coefficient (Wildman–Crippen LogP) is 6.23. The molecular weight excluding hydrogens is 430 g/mol. The Hall–Kier alpha value is -3.16. The number of rotatable bonds is 8. The Morgan fingerprint density at radius 1 is 1.03 bits per heavy atom. The van der Waals surface area contributed by atoms with Crippen LogP contribution in [0.2, 0.25) is 5.02 Å². The van der Waals surface area contributed by atoms with Crippen molar-refractivity contribution in [2.45, 2.75) is 38.5 Å². The van der Waals surface area contributed by atoms with Gasteiger partial charge in [-0.25, -0.2) is 4.98 Å². The van der Waals surface area contributed by atoms with Gasteiger partial charge in [0.2, 0.25) is 5.91 Å². The number of amides is 1. The molecule has 3 aromatic rings. The van der Waals surface area contributed by atoms with E-state index in [0.29, 0.717) is 22.9 Å². The highest BCUT2D eigenvalue weighted by atomic mass is 35.5. The molecule has 1 saturated carbocycles.